The largest absolute Gasteiger partial charge is 0.366 e. The van der Waals surface area contributed by atoms with E-state index in [0.717, 1.165) is 5.82 Å². The number of nitrogens with one attached hydrogen (secondary N) is 1. The molecule has 2 nitrogen and oxygen atoms in total. The van der Waals surface area contributed by atoms with Crippen molar-refractivity contribution in [1.82, 2.24) is 4.98 Å². The van der Waals surface area contributed by atoms with Crippen LogP contribution in [0.25, 0.3) is 0 Å². The SMILES string of the molecule is CC1(C)CCCC(Nc2ncccc2Cl)C1. The highest BCUT2D eigenvalue weighted by atomic mass is 35.5. The zero-order valence-corrected chi connectivity index (χ0v) is 10.7. The van der Waals surface area contributed by atoms with Crippen LogP contribution in [-0.2, 0) is 0 Å². The molecule has 0 amide bonds. The van der Waals surface area contributed by atoms with Crippen LogP contribution in [0.3, 0.4) is 0 Å². The third-order valence-electron chi connectivity index (χ3n) is 3.30. The van der Waals surface area contributed by atoms with Crippen LogP contribution >= 0.6 is 11.6 Å². The van der Waals surface area contributed by atoms with E-state index >= 15 is 0 Å². The fraction of sp³-hybridized carbons (Fsp3) is 0.615. The molecule has 0 spiro atoms. The molecule has 0 aliphatic heterocycles. The average molecular weight is 239 g/mol. The number of rotatable bonds is 2. The minimum absolute atomic E-state index is 0.442. The fourth-order valence-electron chi connectivity index (χ4n) is 2.51. The van der Waals surface area contributed by atoms with Crippen LogP contribution < -0.4 is 5.32 Å². The highest BCUT2D eigenvalue weighted by Gasteiger charge is 2.28. The van der Waals surface area contributed by atoms with Gasteiger partial charge in [-0.1, -0.05) is 31.9 Å². The monoisotopic (exact) mass is 238 g/mol. The molecule has 1 unspecified atom stereocenters. The molecule has 1 aromatic heterocycles. The van der Waals surface area contributed by atoms with Crippen LogP contribution in [0.2, 0.25) is 5.02 Å². The van der Waals surface area contributed by atoms with Crippen molar-refractivity contribution < 1.29 is 0 Å². The van der Waals surface area contributed by atoms with Crippen molar-refractivity contribution in [3.8, 4) is 0 Å². The summed E-state index contributed by atoms with van der Waals surface area (Å²) in [6.07, 6.45) is 6.80. The van der Waals surface area contributed by atoms with Gasteiger partial charge in [0.2, 0.25) is 0 Å². The first-order chi connectivity index (χ1) is 7.57. The Balaban J connectivity index is 2.02. The predicted octanol–water partition coefficient (Wildman–Crippen LogP) is 4.12. The Morgan fingerprint density at radius 3 is 3.00 bits per heavy atom. The lowest BCUT2D eigenvalue weighted by atomic mass is 9.75. The topological polar surface area (TPSA) is 24.9 Å². The molecule has 0 aromatic carbocycles. The van der Waals surface area contributed by atoms with E-state index in [0.29, 0.717) is 16.5 Å². The molecule has 1 fully saturated rings. The summed E-state index contributed by atoms with van der Waals surface area (Å²) in [6.45, 7) is 4.67. The van der Waals surface area contributed by atoms with Gasteiger partial charge in [0.25, 0.3) is 0 Å². The highest BCUT2D eigenvalue weighted by Crippen LogP contribution is 2.36. The van der Waals surface area contributed by atoms with Crippen molar-refractivity contribution in [3.63, 3.8) is 0 Å². The standard InChI is InChI=1S/C13H19ClN2/c1-13(2)7-3-5-10(9-13)16-12-11(14)6-4-8-15-12/h4,6,8,10H,3,5,7,9H2,1-2H3,(H,15,16). The van der Waals surface area contributed by atoms with E-state index in [4.69, 9.17) is 11.6 Å². The molecule has 1 aliphatic rings. The second-order valence-electron chi connectivity index (χ2n) is 5.44. The van der Waals surface area contributed by atoms with Crippen LogP contribution in [0, 0.1) is 5.41 Å². The van der Waals surface area contributed by atoms with E-state index in [1.165, 1.54) is 25.7 Å². The first kappa shape index (κ1) is 11.7. The quantitative estimate of drug-likeness (QED) is 0.839. The lowest BCUT2D eigenvalue weighted by Gasteiger charge is -2.35. The average Bonchev–Trinajstić information content (AvgIpc) is 2.20. The fourth-order valence-corrected chi connectivity index (χ4v) is 2.68. The van der Waals surface area contributed by atoms with E-state index in [1.54, 1.807) is 6.20 Å². The zero-order valence-electron chi connectivity index (χ0n) is 9.96. The molecule has 1 heterocycles. The summed E-state index contributed by atoms with van der Waals surface area (Å²) in [5.41, 5.74) is 0.442. The molecule has 16 heavy (non-hydrogen) atoms. The summed E-state index contributed by atoms with van der Waals surface area (Å²) in [4.78, 5) is 4.28. The molecule has 1 saturated carbocycles. The first-order valence-corrected chi connectivity index (χ1v) is 6.32. The molecule has 0 bridgehead atoms. The van der Waals surface area contributed by atoms with Crippen molar-refractivity contribution in [3.05, 3.63) is 23.4 Å². The van der Waals surface area contributed by atoms with Crippen molar-refractivity contribution in [2.24, 2.45) is 5.41 Å². The van der Waals surface area contributed by atoms with Crippen LogP contribution in [0.5, 0.6) is 0 Å². The van der Waals surface area contributed by atoms with Gasteiger partial charge in [0.15, 0.2) is 0 Å². The van der Waals surface area contributed by atoms with Gasteiger partial charge < -0.3 is 5.32 Å². The molecular formula is C13H19ClN2. The number of hydrogen-bond acceptors (Lipinski definition) is 2. The lowest BCUT2D eigenvalue weighted by Crippen LogP contribution is -2.32. The Hall–Kier alpha value is -0.760. The third-order valence-corrected chi connectivity index (χ3v) is 3.61. The third kappa shape index (κ3) is 2.88. The summed E-state index contributed by atoms with van der Waals surface area (Å²) >= 11 is 6.09. The zero-order chi connectivity index (χ0) is 11.6. The van der Waals surface area contributed by atoms with Crippen LogP contribution in [-0.4, -0.2) is 11.0 Å². The second-order valence-corrected chi connectivity index (χ2v) is 5.84. The van der Waals surface area contributed by atoms with Crippen LogP contribution in [0.1, 0.15) is 39.5 Å². The Morgan fingerprint density at radius 2 is 2.31 bits per heavy atom. The highest BCUT2D eigenvalue weighted by molar-refractivity contribution is 6.32. The van der Waals surface area contributed by atoms with E-state index < -0.39 is 0 Å². The molecular weight excluding hydrogens is 220 g/mol. The number of aromatic nitrogens is 1. The smallest absolute Gasteiger partial charge is 0.144 e. The summed E-state index contributed by atoms with van der Waals surface area (Å²) < 4.78 is 0. The van der Waals surface area contributed by atoms with Gasteiger partial charge in [-0.05, 0) is 36.8 Å². The van der Waals surface area contributed by atoms with E-state index in [-0.39, 0.29) is 0 Å². The van der Waals surface area contributed by atoms with Crippen LogP contribution in [0.15, 0.2) is 18.3 Å². The summed E-state index contributed by atoms with van der Waals surface area (Å²) in [6, 6.07) is 4.25. The summed E-state index contributed by atoms with van der Waals surface area (Å²) in [5.74, 6) is 0.826. The molecule has 1 aromatic rings. The van der Waals surface area contributed by atoms with Gasteiger partial charge in [0.1, 0.15) is 5.82 Å². The maximum absolute atomic E-state index is 6.09. The van der Waals surface area contributed by atoms with Gasteiger partial charge in [0, 0.05) is 12.2 Å². The first-order valence-electron chi connectivity index (χ1n) is 5.94. The van der Waals surface area contributed by atoms with Gasteiger partial charge in [0.05, 0.1) is 5.02 Å². The normalized spacial score (nSPS) is 24.1. The minimum Gasteiger partial charge on any atom is -0.366 e. The summed E-state index contributed by atoms with van der Waals surface area (Å²) in [7, 11) is 0. The van der Waals surface area contributed by atoms with Crippen molar-refractivity contribution in [1.29, 1.82) is 0 Å². The summed E-state index contributed by atoms with van der Waals surface area (Å²) in [5, 5.41) is 4.18. The minimum atomic E-state index is 0.442. The molecule has 1 aliphatic carbocycles. The number of pyridine rings is 1. The lowest BCUT2D eigenvalue weighted by molar-refractivity contribution is 0.229. The Kier molecular flexibility index (Phi) is 3.38. The van der Waals surface area contributed by atoms with Gasteiger partial charge >= 0.3 is 0 Å². The number of halogens is 1. The van der Waals surface area contributed by atoms with Gasteiger partial charge in [-0.25, -0.2) is 4.98 Å². The second kappa shape index (κ2) is 4.62. The molecule has 2 rings (SSSR count). The number of anilines is 1. The maximum atomic E-state index is 6.09. The van der Waals surface area contributed by atoms with Crippen molar-refractivity contribution >= 4 is 17.4 Å². The molecule has 3 heteroatoms. The van der Waals surface area contributed by atoms with Crippen LogP contribution in [0.4, 0.5) is 5.82 Å². The van der Waals surface area contributed by atoms with E-state index in [1.807, 2.05) is 12.1 Å². The number of hydrogen-bond donors (Lipinski definition) is 1. The molecule has 1 atom stereocenters. The molecule has 0 saturated heterocycles. The van der Waals surface area contributed by atoms with Crippen molar-refractivity contribution in [2.45, 2.75) is 45.6 Å². The van der Waals surface area contributed by atoms with Gasteiger partial charge in [-0.2, -0.15) is 0 Å². The Morgan fingerprint density at radius 1 is 1.50 bits per heavy atom. The van der Waals surface area contributed by atoms with Gasteiger partial charge in [-0.3, -0.25) is 0 Å². The number of nitrogens with zero attached hydrogens (tertiary/aromatic N) is 1. The van der Waals surface area contributed by atoms with E-state index in [9.17, 15) is 0 Å². The maximum Gasteiger partial charge on any atom is 0.144 e. The van der Waals surface area contributed by atoms with Gasteiger partial charge in [-0.15, -0.1) is 0 Å². The Bertz CT molecular complexity index is 363. The molecule has 1 N–H and O–H groups in total. The van der Waals surface area contributed by atoms with Crippen molar-refractivity contribution in [2.75, 3.05) is 5.32 Å². The molecule has 88 valence electrons. The predicted molar refractivity (Wildman–Crippen MR) is 68.9 cm³/mol. The Labute approximate surface area is 102 Å². The molecule has 0 radical (unpaired) electrons. The van der Waals surface area contributed by atoms with E-state index in [2.05, 4.69) is 24.1 Å².